The van der Waals surface area contributed by atoms with Crippen LogP contribution >= 0.6 is 0 Å². The molecule has 13 unspecified atom stereocenters. The van der Waals surface area contributed by atoms with Gasteiger partial charge in [-0.2, -0.15) is 0 Å². The normalized spacial score (nSPS) is 60.9. The standard InChI is InChI=1S/C25H41NO7/c1-5-8-26-11-22(12-27)7-6-16(32-3)24-14-9-13-15(31-2)10-23(29,17(14)18(13)28)25(30,21(24)26)20(33-4)19(22)24/h13-21,27-30H,5-12H2,1-4H3. The van der Waals surface area contributed by atoms with Crippen LogP contribution in [0.1, 0.15) is 39.0 Å². The van der Waals surface area contributed by atoms with Gasteiger partial charge in [-0.05, 0) is 38.1 Å². The van der Waals surface area contributed by atoms with Crippen LogP contribution in [-0.4, -0.2) is 108 Å². The van der Waals surface area contributed by atoms with E-state index in [9.17, 15) is 20.4 Å². The van der Waals surface area contributed by atoms with Crippen molar-refractivity contribution in [2.45, 2.75) is 80.7 Å². The lowest BCUT2D eigenvalue weighted by Crippen LogP contribution is -2.82. The lowest BCUT2D eigenvalue weighted by Gasteiger charge is -2.70. The number of nitrogens with zero attached hydrogens (tertiary/aromatic N) is 1. The first kappa shape index (κ1) is 23.1. The number of hydrogen-bond donors (Lipinski definition) is 4. The van der Waals surface area contributed by atoms with Crippen LogP contribution in [0.2, 0.25) is 0 Å². The third-order valence-electron chi connectivity index (χ3n) is 11.5. The Balaban J connectivity index is 1.68. The zero-order chi connectivity index (χ0) is 23.6. The number of aliphatic hydroxyl groups is 4. The van der Waals surface area contributed by atoms with E-state index in [1.165, 1.54) is 0 Å². The Kier molecular flexibility index (Phi) is 4.99. The summed E-state index contributed by atoms with van der Waals surface area (Å²) in [6, 6.07) is -0.363. The molecule has 6 fully saturated rings. The lowest BCUT2D eigenvalue weighted by molar-refractivity contribution is -0.319. The zero-order valence-electron chi connectivity index (χ0n) is 20.3. The fraction of sp³-hybridized carbons (Fsp3) is 1.00. The first-order valence-electron chi connectivity index (χ1n) is 12.8. The minimum Gasteiger partial charge on any atom is -0.396 e. The van der Waals surface area contributed by atoms with Gasteiger partial charge in [0, 0.05) is 62.9 Å². The van der Waals surface area contributed by atoms with Gasteiger partial charge < -0.3 is 34.6 Å². The van der Waals surface area contributed by atoms with Crippen molar-refractivity contribution in [1.82, 2.24) is 4.90 Å². The molecule has 6 aliphatic rings. The van der Waals surface area contributed by atoms with Crippen molar-refractivity contribution in [3.05, 3.63) is 0 Å². The minimum atomic E-state index is -1.60. The van der Waals surface area contributed by atoms with Gasteiger partial charge >= 0.3 is 0 Å². The molecule has 4 N–H and O–H groups in total. The molecular weight excluding hydrogens is 426 g/mol. The Morgan fingerprint density at radius 3 is 2.45 bits per heavy atom. The number of piperidine rings is 1. The SMILES string of the molecule is CCCN1CC2(CO)CCC(OC)C34C5CC6C(OC)CC(O)(C5C6O)C(O)(C(OC)C23)C14. The van der Waals surface area contributed by atoms with Crippen LogP contribution in [0.3, 0.4) is 0 Å². The molecule has 188 valence electrons. The maximum atomic E-state index is 12.9. The van der Waals surface area contributed by atoms with Crippen molar-refractivity contribution in [2.75, 3.05) is 41.0 Å². The van der Waals surface area contributed by atoms with E-state index >= 15 is 0 Å². The highest BCUT2D eigenvalue weighted by molar-refractivity contribution is 5.41. The van der Waals surface area contributed by atoms with E-state index in [0.29, 0.717) is 6.54 Å². The van der Waals surface area contributed by atoms with Gasteiger partial charge in [0.1, 0.15) is 11.2 Å². The number of fused-ring (bicyclic) bond motifs is 2. The molecule has 0 radical (unpaired) electrons. The maximum absolute atomic E-state index is 12.9. The third-order valence-corrected chi connectivity index (χ3v) is 11.5. The second kappa shape index (κ2) is 7.13. The van der Waals surface area contributed by atoms with Crippen molar-refractivity contribution >= 4 is 0 Å². The van der Waals surface area contributed by atoms with Crippen LogP contribution in [0, 0.1) is 34.5 Å². The Morgan fingerprint density at radius 1 is 1.09 bits per heavy atom. The van der Waals surface area contributed by atoms with Gasteiger partial charge in [0.05, 0.1) is 37.1 Å². The van der Waals surface area contributed by atoms with Crippen molar-refractivity contribution < 1.29 is 34.6 Å². The maximum Gasteiger partial charge on any atom is 0.136 e. The zero-order valence-corrected chi connectivity index (χ0v) is 20.3. The van der Waals surface area contributed by atoms with Gasteiger partial charge in [-0.15, -0.1) is 0 Å². The van der Waals surface area contributed by atoms with Crippen LogP contribution in [-0.2, 0) is 14.2 Å². The summed E-state index contributed by atoms with van der Waals surface area (Å²) in [6.07, 6.45) is 1.64. The van der Waals surface area contributed by atoms with E-state index in [0.717, 1.165) is 32.2 Å². The predicted octanol–water partition coefficient (Wildman–Crippen LogP) is 0.00700. The topological polar surface area (TPSA) is 112 Å². The molecule has 7 bridgehead atoms. The van der Waals surface area contributed by atoms with Crippen LogP contribution in [0.5, 0.6) is 0 Å². The third kappa shape index (κ3) is 2.20. The number of rotatable bonds is 6. The van der Waals surface area contributed by atoms with Crippen molar-refractivity contribution in [2.24, 2.45) is 34.5 Å². The number of methoxy groups -OCH3 is 3. The predicted molar refractivity (Wildman–Crippen MR) is 118 cm³/mol. The van der Waals surface area contributed by atoms with Crippen LogP contribution in [0.15, 0.2) is 0 Å². The molecule has 1 spiro atoms. The summed E-state index contributed by atoms with van der Waals surface area (Å²) in [7, 11) is 5.01. The molecule has 0 aromatic heterocycles. The van der Waals surface area contributed by atoms with Crippen LogP contribution in [0.25, 0.3) is 0 Å². The lowest BCUT2D eigenvalue weighted by atomic mass is 9.42. The summed E-state index contributed by atoms with van der Waals surface area (Å²) in [5.74, 6) is -0.749. The average molecular weight is 468 g/mol. The Labute approximate surface area is 196 Å². The van der Waals surface area contributed by atoms with Crippen molar-refractivity contribution in [3.8, 4) is 0 Å². The molecule has 33 heavy (non-hydrogen) atoms. The van der Waals surface area contributed by atoms with Crippen molar-refractivity contribution in [1.29, 1.82) is 0 Å². The first-order valence-corrected chi connectivity index (χ1v) is 12.8. The molecule has 1 saturated heterocycles. The molecule has 8 heteroatoms. The fourth-order valence-corrected chi connectivity index (χ4v) is 10.9. The van der Waals surface area contributed by atoms with E-state index in [-0.39, 0.29) is 49.0 Å². The van der Waals surface area contributed by atoms with Gasteiger partial charge in [-0.1, -0.05) is 6.92 Å². The highest BCUT2D eigenvalue weighted by Crippen LogP contribution is 2.80. The highest BCUT2D eigenvalue weighted by Gasteiger charge is 2.91. The monoisotopic (exact) mass is 467 g/mol. The number of ether oxygens (including phenoxy) is 3. The average Bonchev–Trinajstić information content (AvgIpc) is 3.17. The molecule has 13 atom stereocenters. The molecule has 0 aromatic rings. The van der Waals surface area contributed by atoms with Gasteiger partial charge in [-0.3, -0.25) is 4.90 Å². The molecule has 5 aliphatic carbocycles. The molecule has 1 heterocycles. The second-order valence-corrected chi connectivity index (χ2v) is 12.0. The fourth-order valence-electron chi connectivity index (χ4n) is 10.9. The molecule has 1 aliphatic heterocycles. The number of aliphatic hydroxyl groups excluding tert-OH is 2. The van der Waals surface area contributed by atoms with Crippen LogP contribution in [0.4, 0.5) is 0 Å². The number of likely N-dealkylation sites (tertiary alicyclic amines) is 1. The quantitative estimate of drug-likeness (QED) is 0.432. The van der Waals surface area contributed by atoms with Gasteiger partial charge in [0.2, 0.25) is 0 Å². The molecular formula is C25H41NO7. The second-order valence-electron chi connectivity index (χ2n) is 12.0. The van der Waals surface area contributed by atoms with E-state index < -0.39 is 40.2 Å². The largest absolute Gasteiger partial charge is 0.396 e. The summed E-state index contributed by atoms with van der Waals surface area (Å²) < 4.78 is 18.2. The Hall–Kier alpha value is -0.320. The summed E-state index contributed by atoms with van der Waals surface area (Å²) in [6.45, 7) is 3.59. The highest BCUT2D eigenvalue weighted by atomic mass is 16.5. The minimum absolute atomic E-state index is 0.0151. The molecule has 6 rings (SSSR count). The van der Waals surface area contributed by atoms with E-state index in [1.54, 1.807) is 21.3 Å². The summed E-state index contributed by atoms with van der Waals surface area (Å²) in [5, 5.41) is 47.9. The molecule has 0 amide bonds. The Morgan fingerprint density at radius 2 is 1.85 bits per heavy atom. The summed E-state index contributed by atoms with van der Waals surface area (Å²) in [4.78, 5) is 2.34. The van der Waals surface area contributed by atoms with Gasteiger partial charge in [-0.25, -0.2) is 0 Å². The molecule has 0 aromatic carbocycles. The van der Waals surface area contributed by atoms with Gasteiger partial charge in [0.25, 0.3) is 0 Å². The number of hydrogen-bond acceptors (Lipinski definition) is 8. The molecule has 8 nitrogen and oxygen atoms in total. The van der Waals surface area contributed by atoms with E-state index in [1.807, 2.05) is 0 Å². The summed E-state index contributed by atoms with van der Waals surface area (Å²) >= 11 is 0. The van der Waals surface area contributed by atoms with Gasteiger partial charge in [0.15, 0.2) is 0 Å². The Bertz CT molecular complexity index is 814. The van der Waals surface area contributed by atoms with Crippen LogP contribution < -0.4 is 0 Å². The first-order chi connectivity index (χ1) is 15.8. The smallest absolute Gasteiger partial charge is 0.136 e. The van der Waals surface area contributed by atoms with Crippen molar-refractivity contribution in [3.63, 3.8) is 0 Å². The van der Waals surface area contributed by atoms with E-state index in [2.05, 4.69) is 11.8 Å². The molecule has 5 saturated carbocycles. The summed E-state index contributed by atoms with van der Waals surface area (Å²) in [5.41, 5.74) is -4.11. The van der Waals surface area contributed by atoms with E-state index in [4.69, 9.17) is 14.2 Å².